The van der Waals surface area contributed by atoms with Gasteiger partial charge in [-0.3, -0.25) is 29.2 Å². The van der Waals surface area contributed by atoms with Gasteiger partial charge in [-0.25, -0.2) is 9.97 Å². The molecule has 2 aromatic heterocycles. The molecule has 30 heavy (non-hydrogen) atoms. The molecule has 0 unspecified atom stereocenters. The number of nitrogens with zero attached hydrogens (tertiary/aromatic N) is 4. The molecule has 1 aliphatic rings. The maximum Gasteiger partial charge on any atom is 0.320 e. The Labute approximate surface area is 173 Å². The Morgan fingerprint density at radius 2 is 1.83 bits per heavy atom. The molecule has 3 aromatic rings. The fourth-order valence-electron chi connectivity index (χ4n) is 3.10. The van der Waals surface area contributed by atoms with Gasteiger partial charge in [0.15, 0.2) is 11.0 Å². The Bertz CT molecular complexity index is 1120. The molecule has 0 radical (unpaired) electrons. The van der Waals surface area contributed by atoms with Crippen LogP contribution in [0.15, 0.2) is 36.7 Å². The van der Waals surface area contributed by atoms with Crippen LogP contribution < -0.4 is 10.2 Å². The number of aromatic nitrogens is 3. The number of alkyl halides is 2. The van der Waals surface area contributed by atoms with Gasteiger partial charge in [0.2, 0.25) is 11.8 Å². The van der Waals surface area contributed by atoms with Crippen molar-refractivity contribution in [3.8, 4) is 10.7 Å². The average Bonchev–Trinajstić information content (AvgIpc) is 3.41. The van der Waals surface area contributed by atoms with E-state index in [1.54, 1.807) is 6.92 Å². The van der Waals surface area contributed by atoms with Crippen LogP contribution in [-0.4, -0.2) is 32.3 Å². The second kappa shape index (κ2) is 7.75. The number of hydrogen-bond donors (Lipinski definition) is 1. The van der Waals surface area contributed by atoms with Crippen LogP contribution in [-0.2, 0) is 9.59 Å². The molecular weight excluding hydrogens is 416 g/mol. The number of carbonyl (C=O) groups excluding carboxylic acids is 3. The topological polar surface area (TPSA) is 97.2 Å². The van der Waals surface area contributed by atoms with Crippen LogP contribution in [0.3, 0.4) is 0 Å². The molecule has 154 valence electrons. The van der Waals surface area contributed by atoms with Gasteiger partial charge in [-0.1, -0.05) is 11.3 Å². The molecule has 0 bridgehead atoms. The number of imide groups is 1. The van der Waals surface area contributed by atoms with Gasteiger partial charge in [0.05, 0.1) is 16.3 Å². The predicted molar refractivity (Wildman–Crippen MR) is 105 cm³/mol. The van der Waals surface area contributed by atoms with Gasteiger partial charge in [0.25, 0.3) is 5.91 Å². The molecular formula is C19H15F2N5O3S. The summed E-state index contributed by atoms with van der Waals surface area (Å²) in [5.74, 6) is -0.932. The van der Waals surface area contributed by atoms with Gasteiger partial charge in [0, 0.05) is 30.8 Å². The first kappa shape index (κ1) is 19.8. The highest BCUT2D eigenvalue weighted by Gasteiger charge is 2.30. The molecule has 3 heterocycles. The molecule has 3 amide bonds. The van der Waals surface area contributed by atoms with Crippen LogP contribution in [0.4, 0.5) is 19.6 Å². The summed E-state index contributed by atoms with van der Waals surface area (Å²) in [5.41, 5.74) is 1.16. The number of benzene rings is 1. The minimum Gasteiger partial charge on any atom is -0.298 e. The minimum atomic E-state index is -2.74. The van der Waals surface area contributed by atoms with E-state index in [0.29, 0.717) is 21.8 Å². The molecule has 1 aliphatic heterocycles. The first-order valence-electron chi connectivity index (χ1n) is 8.91. The first-order valence-corrected chi connectivity index (χ1v) is 9.73. The average molecular weight is 431 g/mol. The lowest BCUT2D eigenvalue weighted by Crippen LogP contribution is -2.28. The smallest absolute Gasteiger partial charge is 0.298 e. The third kappa shape index (κ3) is 3.59. The van der Waals surface area contributed by atoms with Gasteiger partial charge in [-0.2, -0.15) is 8.78 Å². The van der Waals surface area contributed by atoms with Crippen LogP contribution in [0.2, 0.25) is 0 Å². The summed E-state index contributed by atoms with van der Waals surface area (Å²) in [6.07, 6.45) is 2.80. The third-order valence-electron chi connectivity index (χ3n) is 4.54. The van der Waals surface area contributed by atoms with Crippen molar-refractivity contribution in [2.24, 2.45) is 0 Å². The van der Waals surface area contributed by atoms with E-state index < -0.39 is 12.5 Å². The SMILES string of the molecule is Cc1nc(NC(=O)c2ccc(N3C(=O)CCC3=O)cc2)sc1-c1nccn1C(F)F. The largest absolute Gasteiger partial charge is 0.320 e. The molecule has 0 saturated carbocycles. The van der Waals surface area contributed by atoms with Gasteiger partial charge in [-0.15, -0.1) is 0 Å². The van der Waals surface area contributed by atoms with E-state index in [9.17, 15) is 23.2 Å². The van der Waals surface area contributed by atoms with Crippen molar-refractivity contribution >= 4 is 39.9 Å². The second-order valence-electron chi connectivity index (χ2n) is 6.49. The highest BCUT2D eigenvalue weighted by Crippen LogP contribution is 2.33. The van der Waals surface area contributed by atoms with Crippen molar-refractivity contribution in [3.63, 3.8) is 0 Å². The summed E-state index contributed by atoms with van der Waals surface area (Å²) >= 11 is 1.04. The van der Waals surface area contributed by atoms with E-state index in [1.165, 1.54) is 36.7 Å². The normalized spacial score (nSPS) is 14.1. The van der Waals surface area contributed by atoms with E-state index in [0.717, 1.165) is 20.8 Å². The number of rotatable bonds is 5. The van der Waals surface area contributed by atoms with Gasteiger partial charge >= 0.3 is 6.55 Å². The number of halogens is 2. The quantitative estimate of drug-likeness (QED) is 0.623. The lowest BCUT2D eigenvalue weighted by atomic mass is 10.2. The lowest BCUT2D eigenvalue weighted by molar-refractivity contribution is -0.121. The van der Waals surface area contributed by atoms with E-state index in [4.69, 9.17) is 0 Å². The van der Waals surface area contributed by atoms with Crippen molar-refractivity contribution in [2.45, 2.75) is 26.3 Å². The van der Waals surface area contributed by atoms with Crippen molar-refractivity contribution in [1.29, 1.82) is 0 Å². The summed E-state index contributed by atoms with van der Waals surface area (Å²) in [6.45, 7) is -1.10. The Morgan fingerprint density at radius 1 is 1.17 bits per heavy atom. The summed E-state index contributed by atoms with van der Waals surface area (Å²) in [6, 6.07) is 6.03. The highest BCUT2D eigenvalue weighted by molar-refractivity contribution is 7.19. The van der Waals surface area contributed by atoms with Crippen LogP contribution in [0.5, 0.6) is 0 Å². The molecule has 0 spiro atoms. The Hall–Kier alpha value is -3.47. The number of aryl methyl sites for hydroxylation is 1. The lowest BCUT2D eigenvalue weighted by Gasteiger charge is -2.13. The second-order valence-corrected chi connectivity index (χ2v) is 7.49. The highest BCUT2D eigenvalue weighted by atomic mass is 32.1. The number of nitrogens with one attached hydrogen (secondary N) is 1. The number of carbonyl (C=O) groups is 3. The molecule has 0 aliphatic carbocycles. The maximum absolute atomic E-state index is 13.1. The number of imidazole rings is 1. The number of thiazole rings is 1. The zero-order valence-corrected chi connectivity index (χ0v) is 16.4. The standard InChI is InChI=1S/C19H15F2N5O3S/c1-10-15(16-22-8-9-25(16)18(20)21)30-19(23-10)24-17(29)11-2-4-12(5-3-11)26-13(27)6-7-14(26)28/h2-5,8-9,18H,6-7H2,1H3,(H,23,24,29). The van der Waals surface area contributed by atoms with Crippen LogP contribution in [0.25, 0.3) is 10.7 Å². The molecule has 11 heteroatoms. The molecule has 4 rings (SSSR count). The van der Waals surface area contributed by atoms with Gasteiger partial charge < -0.3 is 0 Å². The Kier molecular flexibility index (Phi) is 5.12. The van der Waals surface area contributed by atoms with Gasteiger partial charge in [0.1, 0.15) is 0 Å². The van der Waals surface area contributed by atoms with Crippen LogP contribution in [0, 0.1) is 6.92 Å². The van der Waals surface area contributed by atoms with E-state index >= 15 is 0 Å². The predicted octanol–water partition coefficient (Wildman–Crippen LogP) is 3.62. The molecule has 0 atom stereocenters. The molecule has 1 aromatic carbocycles. The number of amides is 3. The van der Waals surface area contributed by atoms with E-state index in [1.807, 2.05) is 0 Å². The van der Waals surface area contributed by atoms with E-state index in [-0.39, 0.29) is 35.6 Å². The fourth-order valence-corrected chi connectivity index (χ4v) is 4.06. The number of hydrogen-bond acceptors (Lipinski definition) is 6. The zero-order chi connectivity index (χ0) is 21.4. The monoisotopic (exact) mass is 431 g/mol. The minimum absolute atomic E-state index is 0.0739. The van der Waals surface area contributed by atoms with Crippen molar-refractivity contribution < 1.29 is 23.2 Å². The molecule has 8 nitrogen and oxygen atoms in total. The van der Waals surface area contributed by atoms with Crippen molar-refractivity contribution in [1.82, 2.24) is 14.5 Å². The van der Waals surface area contributed by atoms with Crippen LogP contribution >= 0.6 is 11.3 Å². The number of anilines is 2. The maximum atomic E-state index is 13.1. The fraction of sp³-hybridized carbons (Fsp3) is 0.211. The Balaban J connectivity index is 1.51. The first-order chi connectivity index (χ1) is 14.3. The zero-order valence-electron chi connectivity index (χ0n) is 15.6. The van der Waals surface area contributed by atoms with Gasteiger partial charge in [-0.05, 0) is 31.2 Å². The summed E-state index contributed by atoms with van der Waals surface area (Å²) in [7, 11) is 0. The van der Waals surface area contributed by atoms with Crippen molar-refractivity contribution in [3.05, 3.63) is 47.9 Å². The molecule has 1 saturated heterocycles. The van der Waals surface area contributed by atoms with E-state index in [2.05, 4.69) is 15.3 Å². The van der Waals surface area contributed by atoms with Crippen LogP contribution in [0.1, 0.15) is 35.4 Å². The molecule has 1 N–H and O–H groups in total. The summed E-state index contributed by atoms with van der Waals surface area (Å²) in [4.78, 5) is 45.9. The molecule has 1 fully saturated rings. The Morgan fingerprint density at radius 3 is 2.47 bits per heavy atom. The summed E-state index contributed by atoms with van der Waals surface area (Å²) < 4.78 is 26.9. The third-order valence-corrected chi connectivity index (χ3v) is 5.61. The van der Waals surface area contributed by atoms with Crippen molar-refractivity contribution in [2.75, 3.05) is 10.2 Å². The summed E-state index contributed by atoms with van der Waals surface area (Å²) in [5, 5.41) is 2.87.